The van der Waals surface area contributed by atoms with Crippen LogP contribution in [0.25, 0.3) is 0 Å². The number of Topliss-reactive ketones (excluding diaryl/α,β-unsaturated/α-hetero) is 1. The second kappa shape index (κ2) is 5.83. The van der Waals surface area contributed by atoms with Gasteiger partial charge in [0.15, 0.2) is 17.2 Å². The van der Waals surface area contributed by atoms with Crippen molar-refractivity contribution in [2.24, 2.45) is 22.7 Å². The van der Waals surface area contributed by atoms with E-state index in [-0.39, 0.29) is 24.5 Å². The van der Waals surface area contributed by atoms with Crippen LogP contribution in [0, 0.1) is 22.7 Å². The Morgan fingerprint density at radius 3 is 2.61 bits per heavy atom. The smallest absolute Gasteiger partial charge is 0.192 e. The number of fused-ring (bicyclic) bond motifs is 5. The minimum Gasteiger partial charge on any atom is -0.390 e. The van der Waals surface area contributed by atoms with Gasteiger partial charge >= 0.3 is 0 Å². The first-order valence-corrected chi connectivity index (χ1v) is 10.2. The Morgan fingerprint density at radius 2 is 1.96 bits per heavy atom. The average molecular weight is 392 g/mol. The van der Waals surface area contributed by atoms with Gasteiger partial charge < -0.3 is 15.3 Å². The van der Waals surface area contributed by atoms with Crippen molar-refractivity contribution in [2.45, 2.75) is 76.4 Å². The summed E-state index contributed by atoms with van der Waals surface area (Å²) in [6.45, 7) is 4.82. The molecule has 4 rings (SSSR count). The van der Waals surface area contributed by atoms with Gasteiger partial charge in [-0.1, -0.05) is 18.6 Å². The van der Waals surface area contributed by atoms with E-state index in [0.29, 0.717) is 24.8 Å². The molecule has 3 saturated carbocycles. The summed E-state index contributed by atoms with van der Waals surface area (Å²) in [7, 11) is 0. The Hall–Kier alpha value is -1.37. The van der Waals surface area contributed by atoms with Crippen molar-refractivity contribution in [1.29, 1.82) is 0 Å². The second-order valence-corrected chi connectivity index (χ2v) is 9.70. The number of allylic oxidation sites excluding steroid dienone is 4. The van der Waals surface area contributed by atoms with Crippen LogP contribution in [0.2, 0.25) is 0 Å². The van der Waals surface area contributed by atoms with Gasteiger partial charge in [-0.25, -0.2) is 4.39 Å². The fourth-order valence-electron chi connectivity index (χ4n) is 6.97. The average Bonchev–Trinajstić information content (AvgIpc) is 2.88. The van der Waals surface area contributed by atoms with Crippen LogP contribution in [-0.2, 0) is 9.59 Å². The number of halogens is 1. The summed E-state index contributed by atoms with van der Waals surface area (Å²) in [5.74, 6) is -1.65. The third kappa shape index (κ3) is 2.12. The predicted octanol–water partition coefficient (Wildman–Crippen LogP) is 2.04. The van der Waals surface area contributed by atoms with Gasteiger partial charge in [0.25, 0.3) is 0 Å². The monoisotopic (exact) mass is 392 g/mol. The van der Waals surface area contributed by atoms with Crippen LogP contribution in [0.1, 0.15) is 52.9 Å². The molecule has 3 N–H and O–H groups in total. The van der Waals surface area contributed by atoms with Gasteiger partial charge in [-0.05, 0) is 64.0 Å². The Bertz CT molecular complexity index is 803. The molecule has 2 unspecified atom stereocenters. The highest BCUT2D eigenvalue weighted by molar-refractivity contribution is 6.01. The normalized spacial score (nSPS) is 51.0. The Labute approximate surface area is 164 Å². The number of ketones is 2. The minimum atomic E-state index is -1.97. The predicted molar refractivity (Wildman–Crippen MR) is 100.0 cm³/mol. The maximum atomic E-state index is 16.8. The van der Waals surface area contributed by atoms with Gasteiger partial charge in [0.05, 0.1) is 6.10 Å². The van der Waals surface area contributed by atoms with Crippen molar-refractivity contribution in [1.82, 2.24) is 0 Å². The molecule has 6 heteroatoms. The molecule has 0 amide bonds. The SMILES string of the molecule is CC(O)C(=O)[C@@]1(O)CC[C@H]2[C@@H]3CCC4=CC(=O)C=C[C@]4(C)[C@@]3(F)C(O)C[C@@]21C. The minimum absolute atomic E-state index is 0.0652. The number of carbonyl (C=O) groups is 2. The third-order valence-electron chi connectivity index (χ3n) is 8.58. The van der Waals surface area contributed by atoms with Crippen LogP contribution >= 0.6 is 0 Å². The Kier molecular flexibility index (Phi) is 4.15. The standard InChI is InChI=1S/C22H29FO5/c1-12(24)18(27)21(28)9-7-15-16-5-4-13-10-14(25)6-8-19(13,2)22(16,23)17(26)11-20(15,21)3/h6,8,10,12,15-17,24,26,28H,4-5,7,9,11H2,1-3H3/t12?,15-,16-,17?,19-,20-,21-,22-/m0/s1. The fourth-order valence-corrected chi connectivity index (χ4v) is 6.97. The lowest BCUT2D eigenvalue weighted by Crippen LogP contribution is -2.69. The molecule has 0 bridgehead atoms. The van der Waals surface area contributed by atoms with Crippen LogP contribution in [0.3, 0.4) is 0 Å². The number of aliphatic hydroxyl groups excluding tert-OH is 2. The molecule has 0 aromatic rings. The van der Waals surface area contributed by atoms with Crippen LogP contribution < -0.4 is 0 Å². The Morgan fingerprint density at radius 1 is 1.29 bits per heavy atom. The molecule has 3 fully saturated rings. The number of hydrogen-bond donors (Lipinski definition) is 3. The van der Waals surface area contributed by atoms with E-state index in [2.05, 4.69) is 0 Å². The molecule has 154 valence electrons. The van der Waals surface area contributed by atoms with Crippen LogP contribution in [0.5, 0.6) is 0 Å². The van der Waals surface area contributed by atoms with Crippen molar-refractivity contribution in [3.05, 3.63) is 23.8 Å². The van der Waals surface area contributed by atoms with Crippen molar-refractivity contribution >= 4 is 11.6 Å². The molecule has 28 heavy (non-hydrogen) atoms. The molecule has 0 radical (unpaired) electrons. The van der Waals surface area contributed by atoms with Crippen molar-refractivity contribution < 1.29 is 29.3 Å². The summed E-state index contributed by atoms with van der Waals surface area (Å²) < 4.78 is 16.8. The largest absolute Gasteiger partial charge is 0.390 e. The molecule has 4 aliphatic carbocycles. The van der Waals surface area contributed by atoms with E-state index in [1.807, 2.05) is 0 Å². The highest BCUT2D eigenvalue weighted by Crippen LogP contribution is 2.69. The molecule has 0 saturated heterocycles. The molecular formula is C22H29FO5. The van der Waals surface area contributed by atoms with Gasteiger partial charge in [0.2, 0.25) is 0 Å². The fraction of sp³-hybridized carbons (Fsp3) is 0.727. The van der Waals surface area contributed by atoms with Gasteiger partial charge in [0, 0.05) is 16.7 Å². The molecule has 0 aliphatic heterocycles. The highest BCUT2D eigenvalue weighted by atomic mass is 19.1. The topological polar surface area (TPSA) is 94.8 Å². The summed E-state index contributed by atoms with van der Waals surface area (Å²) >= 11 is 0. The first-order valence-electron chi connectivity index (χ1n) is 10.2. The summed E-state index contributed by atoms with van der Waals surface area (Å²) in [5, 5.41) is 32.2. The van der Waals surface area contributed by atoms with Gasteiger partial charge in [0.1, 0.15) is 11.7 Å². The zero-order valence-corrected chi connectivity index (χ0v) is 16.6. The molecule has 0 aromatic carbocycles. The molecule has 4 aliphatic rings. The van der Waals surface area contributed by atoms with Crippen molar-refractivity contribution in [3.8, 4) is 0 Å². The van der Waals surface area contributed by atoms with Gasteiger partial charge in [-0.15, -0.1) is 0 Å². The second-order valence-electron chi connectivity index (χ2n) is 9.70. The summed E-state index contributed by atoms with van der Waals surface area (Å²) in [4.78, 5) is 24.5. The van der Waals surface area contributed by atoms with E-state index < -0.39 is 46.0 Å². The van der Waals surface area contributed by atoms with E-state index >= 15 is 4.39 Å². The van der Waals surface area contributed by atoms with Gasteiger partial charge in [-0.3, -0.25) is 9.59 Å². The molecule has 8 atom stereocenters. The Balaban J connectivity index is 1.80. The molecule has 5 nitrogen and oxygen atoms in total. The zero-order chi connectivity index (χ0) is 20.7. The molecule has 0 heterocycles. The zero-order valence-electron chi connectivity index (χ0n) is 16.6. The summed E-state index contributed by atoms with van der Waals surface area (Å²) in [5.41, 5.74) is -5.14. The molecular weight excluding hydrogens is 363 g/mol. The van der Waals surface area contributed by atoms with E-state index in [1.54, 1.807) is 19.9 Å². The number of rotatable bonds is 2. The number of aliphatic hydroxyl groups is 3. The maximum absolute atomic E-state index is 16.8. The first kappa shape index (κ1) is 19.9. The van der Waals surface area contributed by atoms with E-state index in [9.17, 15) is 24.9 Å². The summed E-state index contributed by atoms with van der Waals surface area (Å²) in [6, 6.07) is 0. The van der Waals surface area contributed by atoms with Crippen LogP contribution in [0.15, 0.2) is 23.8 Å². The van der Waals surface area contributed by atoms with Gasteiger partial charge in [-0.2, -0.15) is 0 Å². The van der Waals surface area contributed by atoms with E-state index in [4.69, 9.17) is 0 Å². The number of alkyl halides is 1. The molecule has 0 aromatic heterocycles. The lowest BCUT2D eigenvalue weighted by molar-refractivity contribution is -0.218. The number of hydrogen-bond acceptors (Lipinski definition) is 5. The lowest BCUT2D eigenvalue weighted by Gasteiger charge is -2.62. The van der Waals surface area contributed by atoms with Crippen molar-refractivity contribution in [3.63, 3.8) is 0 Å². The first-order chi connectivity index (χ1) is 12.9. The van der Waals surface area contributed by atoms with E-state index in [1.165, 1.54) is 19.1 Å². The third-order valence-corrected chi connectivity index (χ3v) is 8.58. The summed E-state index contributed by atoms with van der Waals surface area (Å²) in [6.07, 6.45) is 3.29. The quantitative estimate of drug-likeness (QED) is 0.669. The maximum Gasteiger partial charge on any atom is 0.192 e. The number of carbonyl (C=O) groups excluding carboxylic acids is 2. The van der Waals surface area contributed by atoms with E-state index in [0.717, 1.165) is 0 Å². The van der Waals surface area contributed by atoms with Crippen LogP contribution in [0.4, 0.5) is 4.39 Å². The highest BCUT2D eigenvalue weighted by Gasteiger charge is 2.74. The van der Waals surface area contributed by atoms with Crippen LogP contribution in [-0.4, -0.2) is 50.4 Å². The molecule has 0 spiro atoms. The van der Waals surface area contributed by atoms with Crippen molar-refractivity contribution in [2.75, 3.05) is 0 Å². The lowest BCUT2D eigenvalue weighted by atomic mass is 9.44.